The van der Waals surface area contributed by atoms with Gasteiger partial charge < -0.3 is 10.6 Å². The van der Waals surface area contributed by atoms with Gasteiger partial charge in [0.1, 0.15) is 0 Å². The van der Waals surface area contributed by atoms with Crippen LogP contribution in [0.3, 0.4) is 0 Å². The van der Waals surface area contributed by atoms with E-state index in [-0.39, 0.29) is 0 Å². The van der Waals surface area contributed by atoms with Crippen LogP contribution in [0.5, 0.6) is 0 Å². The molecule has 0 aromatic heterocycles. The third kappa shape index (κ3) is 4.46. The Morgan fingerprint density at radius 3 is 2.32 bits per heavy atom. The molecular formula is C17H34N2. The van der Waals surface area contributed by atoms with Gasteiger partial charge in [-0.3, -0.25) is 0 Å². The molecule has 0 aromatic rings. The van der Waals surface area contributed by atoms with Gasteiger partial charge in [-0.25, -0.2) is 0 Å². The van der Waals surface area contributed by atoms with Gasteiger partial charge in [-0.15, -0.1) is 0 Å². The second-order valence-corrected chi connectivity index (χ2v) is 7.87. The van der Waals surface area contributed by atoms with E-state index >= 15 is 0 Å². The minimum absolute atomic E-state index is 0.486. The Morgan fingerprint density at radius 2 is 1.63 bits per heavy atom. The Labute approximate surface area is 120 Å². The summed E-state index contributed by atoms with van der Waals surface area (Å²) < 4.78 is 0. The number of rotatable bonds is 4. The Kier molecular flexibility index (Phi) is 5.30. The molecule has 2 fully saturated rings. The molecule has 1 aliphatic carbocycles. The first-order chi connectivity index (χ1) is 9.05. The third-order valence-corrected chi connectivity index (χ3v) is 5.74. The SMILES string of the molecule is CC1(C)CCCN(CCC2(CN)CCCCC2)CC1. The molecule has 1 aliphatic heterocycles. The van der Waals surface area contributed by atoms with Gasteiger partial charge in [0.25, 0.3) is 0 Å². The highest BCUT2D eigenvalue weighted by atomic mass is 15.1. The summed E-state index contributed by atoms with van der Waals surface area (Å²) in [6.45, 7) is 9.66. The van der Waals surface area contributed by atoms with E-state index in [9.17, 15) is 0 Å². The zero-order valence-corrected chi connectivity index (χ0v) is 13.2. The van der Waals surface area contributed by atoms with Gasteiger partial charge in [-0.05, 0) is 75.5 Å². The lowest BCUT2D eigenvalue weighted by atomic mass is 9.72. The molecule has 0 bridgehead atoms. The lowest BCUT2D eigenvalue weighted by Crippen LogP contribution is -2.37. The zero-order valence-electron chi connectivity index (χ0n) is 13.2. The van der Waals surface area contributed by atoms with Crippen molar-refractivity contribution >= 4 is 0 Å². The fourth-order valence-electron chi connectivity index (χ4n) is 3.96. The monoisotopic (exact) mass is 266 g/mol. The van der Waals surface area contributed by atoms with Gasteiger partial charge in [-0.1, -0.05) is 33.1 Å². The molecule has 0 spiro atoms. The van der Waals surface area contributed by atoms with E-state index in [4.69, 9.17) is 5.73 Å². The molecule has 0 unspecified atom stereocenters. The molecule has 2 rings (SSSR count). The third-order valence-electron chi connectivity index (χ3n) is 5.74. The van der Waals surface area contributed by atoms with Crippen LogP contribution in [0.1, 0.15) is 71.6 Å². The van der Waals surface area contributed by atoms with Gasteiger partial charge in [0.15, 0.2) is 0 Å². The molecule has 0 radical (unpaired) electrons. The van der Waals surface area contributed by atoms with Crippen LogP contribution < -0.4 is 5.73 Å². The fourth-order valence-corrected chi connectivity index (χ4v) is 3.96. The number of nitrogens with two attached hydrogens (primary N) is 1. The maximum absolute atomic E-state index is 6.11. The predicted molar refractivity (Wildman–Crippen MR) is 83.3 cm³/mol. The maximum atomic E-state index is 6.11. The first-order valence-electron chi connectivity index (χ1n) is 8.48. The van der Waals surface area contributed by atoms with Crippen LogP contribution in [-0.2, 0) is 0 Å². The van der Waals surface area contributed by atoms with Crippen molar-refractivity contribution in [3.05, 3.63) is 0 Å². The van der Waals surface area contributed by atoms with Gasteiger partial charge in [0, 0.05) is 0 Å². The lowest BCUT2D eigenvalue weighted by molar-refractivity contribution is 0.146. The Balaban J connectivity index is 1.80. The van der Waals surface area contributed by atoms with E-state index in [0.717, 1.165) is 6.54 Å². The second-order valence-electron chi connectivity index (χ2n) is 7.87. The second kappa shape index (κ2) is 6.58. The number of likely N-dealkylation sites (tertiary alicyclic amines) is 1. The first-order valence-corrected chi connectivity index (χ1v) is 8.48. The summed E-state index contributed by atoms with van der Waals surface area (Å²) in [6, 6.07) is 0. The van der Waals surface area contributed by atoms with Crippen molar-refractivity contribution in [2.45, 2.75) is 71.6 Å². The summed E-state index contributed by atoms with van der Waals surface area (Å²) in [5.74, 6) is 0. The Bertz CT molecular complexity index is 266. The molecule has 2 nitrogen and oxygen atoms in total. The van der Waals surface area contributed by atoms with Crippen LogP contribution >= 0.6 is 0 Å². The largest absolute Gasteiger partial charge is 0.330 e. The van der Waals surface area contributed by atoms with E-state index < -0.39 is 0 Å². The highest BCUT2D eigenvalue weighted by Crippen LogP contribution is 2.39. The van der Waals surface area contributed by atoms with Crippen LogP contribution in [0.15, 0.2) is 0 Å². The molecule has 1 heterocycles. The lowest BCUT2D eigenvalue weighted by Gasteiger charge is -2.38. The average molecular weight is 266 g/mol. The highest BCUT2D eigenvalue weighted by molar-refractivity contribution is 4.85. The quantitative estimate of drug-likeness (QED) is 0.838. The molecule has 0 aromatic carbocycles. The molecular weight excluding hydrogens is 232 g/mol. The standard InChI is InChI=1S/C17H34N2/c1-16(2)7-6-12-19(13-10-16)14-11-17(15-18)8-4-3-5-9-17/h3-15,18H2,1-2H3. The van der Waals surface area contributed by atoms with E-state index in [0.29, 0.717) is 10.8 Å². The van der Waals surface area contributed by atoms with E-state index in [2.05, 4.69) is 18.7 Å². The summed E-state index contributed by atoms with van der Waals surface area (Å²) in [5.41, 5.74) is 7.16. The predicted octanol–water partition coefficient (Wildman–Crippen LogP) is 3.80. The zero-order chi connectivity index (χ0) is 13.8. The summed E-state index contributed by atoms with van der Waals surface area (Å²) in [4.78, 5) is 2.71. The van der Waals surface area contributed by atoms with Crippen molar-refractivity contribution in [2.24, 2.45) is 16.6 Å². The smallest absolute Gasteiger partial charge is 0.00130 e. The average Bonchev–Trinajstić information content (AvgIpc) is 2.59. The molecule has 0 atom stereocenters. The van der Waals surface area contributed by atoms with Gasteiger partial charge in [0.2, 0.25) is 0 Å². The molecule has 2 heteroatoms. The van der Waals surface area contributed by atoms with Crippen molar-refractivity contribution in [1.82, 2.24) is 4.90 Å². The van der Waals surface area contributed by atoms with Crippen LogP contribution in [-0.4, -0.2) is 31.1 Å². The molecule has 112 valence electrons. The fraction of sp³-hybridized carbons (Fsp3) is 1.00. The Morgan fingerprint density at radius 1 is 0.895 bits per heavy atom. The van der Waals surface area contributed by atoms with Crippen molar-refractivity contribution in [2.75, 3.05) is 26.2 Å². The minimum Gasteiger partial charge on any atom is -0.330 e. The van der Waals surface area contributed by atoms with E-state index in [1.165, 1.54) is 77.4 Å². The van der Waals surface area contributed by atoms with Crippen molar-refractivity contribution in [3.63, 3.8) is 0 Å². The van der Waals surface area contributed by atoms with Crippen LogP contribution in [0.25, 0.3) is 0 Å². The summed E-state index contributed by atoms with van der Waals surface area (Å²) in [7, 11) is 0. The Hall–Kier alpha value is -0.0800. The van der Waals surface area contributed by atoms with E-state index in [1.807, 2.05) is 0 Å². The maximum Gasteiger partial charge on any atom is -0.00130 e. The number of nitrogens with zero attached hydrogens (tertiary/aromatic N) is 1. The summed E-state index contributed by atoms with van der Waals surface area (Å²) >= 11 is 0. The van der Waals surface area contributed by atoms with Crippen LogP contribution in [0.4, 0.5) is 0 Å². The molecule has 0 amide bonds. The molecule has 19 heavy (non-hydrogen) atoms. The van der Waals surface area contributed by atoms with Crippen molar-refractivity contribution in [1.29, 1.82) is 0 Å². The summed E-state index contributed by atoms with van der Waals surface area (Å²) in [6.07, 6.45) is 12.5. The summed E-state index contributed by atoms with van der Waals surface area (Å²) in [5, 5.41) is 0. The van der Waals surface area contributed by atoms with E-state index in [1.54, 1.807) is 0 Å². The minimum atomic E-state index is 0.486. The molecule has 1 saturated heterocycles. The molecule has 1 saturated carbocycles. The number of hydrogen-bond acceptors (Lipinski definition) is 2. The van der Waals surface area contributed by atoms with Crippen molar-refractivity contribution < 1.29 is 0 Å². The highest BCUT2D eigenvalue weighted by Gasteiger charge is 2.31. The van der Waals surface area contributed by atoms with Crippen molar-refractivity contribution in [3.8, 4) is 0 Å². The van der Waals surface area contributed by atoms with Gasteiger partial charge in [-0.2, -0.15) is 0 Å². The normalized spacial score (nSPS) is 27.9. The number of hydrogen-bond donors (Lipinski definition) is 1. The van der Waals surface area contributed by atoms with Gasteiger partial charge >= 0.3 is 0 Å². The van der Waals surface area contributed by atoms with Gasteiger partial charge in [0.05, 0.1) is 0 Å². The first kappa shape index (κ1) is 15.3. The topological polar surface area (TPSA) is 29.3 Å². The molecule has 2 N–H and O–H groups in total. The van der Waals surface area contributed by atoms with Crippen LogP contribution in [0.2, 0.25) is 0 Å². The van der Waals surface area contributed by atoms with Crippen LogP contribution in [0, 0.1) is 10.8 Å². The molecule has 2 aliphatic rings.